The van der Waals surface area contributed by atoms with Crippen molar-refractivity contribution in [1.82, 2.24) is 5.32 Å². The molecule has 0 heterocycles. The standard InChI is InChI=1S/C20H27N/c1-3-15-21-20(19-11-6-5-7-12-19)14-13-18-10-8-9-17(4-2)16-18/h5-12,16,20-21H,3-4,13-15H2,1-2H3. The van der Waals surface area contributed by atoms with Gasteiger partial charge in [0.25, 0.3) is 0 Å². The molecule has 1 heteroatoms. The van der Waals surface area contributed by atoms with Crippen molar-refractivity contribution in [2.75, 3.05) is 6.54 Å². The third kappa shape index (κ3) is 5.02. The Labute approximate surface area is 129 Å². The van der Waals surface area contributed by atoms with E-state index in [1.54, 1.807) is 0 Å². The second-order valence-electron chi connectivity index (χ2n) is 5.63. The van der Waals surface area contributed by atoms with Gasteiger partial charge in [-0.15, -0.1) is 0 Å². The third-order valence-electron chi connectivity index (χ3n) is 3.96. The molecule has 0 fully saturated rings. The zero-order valence-electron chi connectivity index (χ0n) is 13.3. The number of nitrogens with one attached hydrogen (secondary N) is 1. The van der Waals surface area contributed by atoms with Crippen molar-refractivity contribution in [2.24, 2.45) is 0 Å². The van der Waals surface area contributed by atoms with E-state index in [2.05, 4.69) is 73.8 Å². The van der Waals surface area contributed by atoms with Gasteiger partial charge in [-0.05, 0) is 48.9 Å². The van der Waals surface area contributed by atoms with Crippen LogP contribution in [0, 0.1) is 0 Å². The Kier molecular flexibility index (Phi) is 6.49. The van der Waals surface area contributed by atoms with Gasteiger partial charge in [0, 0.05) is 6.04 Å². The van der Waals surface area contributed by atoms with Crippen LogP contribution in [0.5, 0.6) is 0 Å². The highest BCUT2D eigenvalue weighted by Gasteiger charge is 2.10. The molecule has 1 nitrogen and oxygen atoms in total. The Morgan fingerprint density at radius 2 is 1.67 bits per heavy atom. The van der Waals surface area contributed by atoms with Gasteiger partial charge in [0.15, 0.2) is 0 Å². The van der Waals surface area contributed by atoms with Crippen LogP contribution in [-0.4, -0.2) is 6.54 Å². The van der Waals surface area contributed by atoms with E-state index in [1.807, 2.05) is 0 Å². The summed E-state index contributed by atoms with van der Waals surface area (Å²) in [4.78, 5) is 0. The third-order valence-corrected chi connectivity index (χ3v) is 3.96. The molecule has 0 aromatic heterocycles. The Balaban J connectivity index is 2.01. The van der Waals surface area contributed by atoms with Gasteiger partial charge in [0.2, 0.25) is 0 Å². The maximum absolute atomic E-state index is 3.68. The van der Waals surface area contributed by atoms with E-state index in [4.69, 9.17) is 0 Å². The zero-order valence-corrected chi connectivity index (χ0v) is 13.3. The van der Waals surface area contributed by atoms with Crippen molar-refractivity contribution in [1.29, 1.82) is 0 Å². The number of benzene rings is 2. The van der Waals surface area contributed by atoms with Crippen LogP contribution in [0.25, 0.3) is 0 Å². The van der Waals surface area contributed by atoms with Gasteiger partial charge in [-0.25, -0.2) is 0 Å². The average Bonchev–Trinajstić information content (AvgIpc) is 2.56. The number of aryl methyl sites for hydroxylation is 2. The van der Waals surface area contributed by atoms with Gasteiger partial charge < -0.3 is 5.32 Å². The minimum Gasteiger partial charge on any atom is -0.310 e. The van der Waals surface area contributed by atoms with Crippen LogP contribution >= 0.6 is 0 Å². The number of hydrogen-bond acceptors (Lipinski definition) is 1. The van der Waals surface area contributed by atoms with Crippen LogP contribution in [0.2, 0.25) is 0 Å². The summed E-state index contributed by atoms with van der Waals surface area (Å²) < 4.78 is 0. The molecule has 1 unspecified atom stereocenters. The summed E-state index contributed by atoms with van der Waals surface area (Å²) in [5.74, 6) is 0. The fourth-order valence-electron chi connectivity index (χ4n) is 2.71. The minimum absolute atomic E-state index is 0.455. The van der Waals surface area contributed by atoms with Crippen LogP contribution in [-0.2, 0) is 12.8 Å². The Morgan fingerprint density at radius 3 is 2.38 bits per heavy atom. The van der Waals surface area contributed by atoms with E-state index in [9.17, 15) is 0 Å². The van der Waals surface area contributed by atoms with Crippen LogP contribution in [0.1, 0.15) is 49.4 Å². The van der Waals surface area contributed by atoms with Gasteiger partial charge >= 0.3 is 0 Å². The molecular formula is C20H27N. The molecule has 112 valence electrons. The first-order valence-electron chi connectivity index (χ1n) is 8.19. The molecule has 0 bridgehead atoms. The smallest absolute Gasteiger partial charge is 0.0323 e. The quantitative estimate of drug-likeness (QED) is 0.724. The maximum atomic E-state index is 3.68. The Hall–Kier alpha value is -1.60. The molecule has 0 amide bonds. The van der Waals surface area contributed by atoms with E-state index in [0.717, 1.165) is 25.8 Å². The Bertz CT molecular complexity index is 518. The minimum atomic E-state index is 0.455. The first-order valence-corrected chi connectivity index (χ1v) is 8.19. The zero-order chi connectivity index (χ0) is 14.9. The lowest BCUT2D eigenvalue weighted by Crippen LogP contribution is -2.22. The van der Waals surface area contributed by atoms with Crippen molar-refractivity contribution < 1.29 is 0 Å². The van der Waals surface area contributed by atoms with Gasteiger partial charge in [-0.1, -0.05) is 68.4 Å². The predicted molar refractivity (Wildman–Crippen MR) is 91.6 cm³/mol. The molecule has 0 aliphatic carbocycles. The average molecular weight is 281 g/mol. The van der Waals surface area contributed by atoms with E-state index >= 15 is 0 Å². The second kappa shape index (κ2) is 8.63. The molecule has 2 aromatic carbocycles. The SMILES string of the molecule is CCCNC(CCc1cccc(CC)c1)c1ccccc1. The lowest BCUT2D eigenvalue weighted by molar-refractivity contribution is 0.499. The van der Waals surface area contributed by atoms with Gasteiger partial charge in [0.05, 0.1) is 0 Å². The topological polar surface area (TPSA) is 12.0 Å². The summed E-state index contributed by atoms with van der Waals surface area (Å²) >= 11 is 0. The summed E-state index contributed by atoms with van der Waals surface area (Å²) in [6, 6.07) is 20.3. The van der Waals surface area contributed by atoms with E-state index in [-0.39, 0.29) is 0 Å². The molecule has 0 saturated carbocycles. The van der Waals surface area contributed by atoms with Crippen molar-refractivity contribution in [2.45, 2.75) is 45.6 Å². The molecule has 0 saturated heterocycles. The molecular weight excluding hydrogens is 254 g/mol. The number of rotatable bonds is 8. The number of hydrogen-bond donors (Lipinski definition) is 1. The molecule has 0 aliphatic heterocycles. The van der Waals surface area contributed by atoms with Gasteiger partial charge in [-0.2, -0.15) is 0 Å². The van der Waals surface area contributed by atoms with Crippen molar-refractivity contribution in [3.05, 3.63) is 71.3 Å². The lowest BCUT2D eigenvalue weighted by atomic mass is 9.97. The normalized spacial score (nSPS) is 12.3. The fraction of sp³-hybridized carbons (Fsp3) is 0.400. The summed E-state index contributed by atoms with van der Waals surface area (Å²) in [7, 11) is 0. The van der Waals surface area contributed by atoms with Crippen LogP contribution in [0.15, 0.2) is 54.6 Å². The molecule has 1 N–H and O–H groups in total. The highest BCUT2D eigenvalue weighted by atomic mass is 14.9. The molecule has 2 aromatic rings. The van der Waals surface area contributed by atoms with Crippen molar-refractivity contribution in [3.63, 3.8) is 0 Å². The van der Waals surface area contributed by atoms with Crippen molar-refractivity contribution >= 4 is 0 Å². The Morgan fingerprint density at radius 1 is 0.905 bits per heavy atom. The largest absolute Gasteiger partial charge is 0.310 e. The molecule has 0 spiro atoms. The molecule has 2 rings (SSSR count). The summed E-state index contributed by atoms with van der Waals surface area (Å²) in [6.45, 7) is 5.52. The first kappa shape index (κ1) is 15.8. The molecule has 21 heavy (non-hydrogen) atoms. The molecule has 1 atom stereocenters. The highest BCUT2D eigenvalue weighted by molar-refractivity contribution is 5.24. The van der Waals surface area contributed by atoms with E-state index < -0.39 is 0 Å². The summed E-state index contributed by atoms with van der Waals surface area (Å²) in [5, 5.41) is 3.68. The fourth-order valence-corrected chi connectivity index (χ4v) is 2.71. The molecule has 0 aliphatic rings. The van der Waals surface area contributed by atoms with Crippen LogP contribution in [0.3, 0.4) is 0 Å². The van der Waals surface area contributed by atoms with Gasteiger partial charge in [0.1, 0.15) is 0 Å². The lowest BCUT2D eigenvalue weighted by Gasteiger charge is -2.19. The van der Waals surface area contributed by atoms with Gasteiger partial charge in [-0.3, -0.25) is 0 Å². The van der Waals surface area contributed by atoms with E-state index in [1.165, 1.54) is 23.1 Å². The monoisotopic (exact) mass is 281 g/mol. The molecule has 0 radical (unpaired) electrons. The highest BCUT2D eigenvalue weighted by Crippen LogP contribution is 2.19. The predicted octanol–water partition coefficient (Wildman–Crippen LogP) is 4.92. The van der Waals surface area contributed by atoms with Crippen LogP contribution in [0.4, 0.5) is 0 Å². The first-order chi connectivity index (χ1) is 10.3. The summed E-state index contributed by atoms with van der Waals surface area (Å²) in [5.41, 5.74) is 4.29. The van der Waals surface area contributed by atoms with Crippen LogP contribution < -0.4 is 5.32 Å². The summed E-state index contributed by atoms with van der Waals surface area (Å²) in [6.07, 6.45) is 4.57. The second-order valence-corrected chi connectivity index (χ2v) is 5.63. The maximum Gasteiger partial charge on any atom is 0.0323 e. The van der Waals surface area contributed by atoms with Crippen molar-refractivity contribution in [3.8, 4) is 0 Å². The van der Waals surface area contributed by atoms with E-state index in [0.29, 0.717) is 6.04 Å².